The smallest absolute Gasteiger partial charge is 0.255 e. The van der Waals surface area contributed by atoms with Crippen LogP contribution in [-0.2, 0) is 0 Å². The van der Waals surface area contributed by atoms with Crippen molar-refractivity contribution in [3.63, 3.8) is 0 Å². The Kier molecular flexibility index (Phi) is 5.50. The van der Waals surface area contributed by atoms with E-state index in [9.17, 15) is 10.1 Å². The van der Waals surface area contributed by atoms with Gasteiger partial charge in [-0.15, -0.1) is 0 Å². The van der Waals surface area contributed by atoms with E-state index in [-0.39, 0.29) is 5.91 Å². The minimum Gasteiger partial charge on any atom is -0.492 e. The predicted molar refractivity (Wildman–Crippen MR) is 83.8 cm³/mol. The highest BCUT2D eigenvalue weighted by molar-refractivity contribution is 6.04. The summed E-state index contributed by atoms with van der Waals surface area (Å²) in [6.45, 7) is 2.65. The van der Waals surface area contributed by atoms with E-state index in [0.717, 1.165) is 12.8 Å². The zero-order chi connectivity index (χ0) is 15.8. The summed E-state index contributed by atoms with van der Waals surface area (Å²) < 4.78 is 5.57. The molecule has 0 radical (unpaired) electrons. The third kappa shape index (κ3) is 4.06. The van der Waals surface area contributed by atoms with E-state index in [0.29, 0.717) is 29.2 Å². The van der Waals surface area contributed by atoms with Gasteiger partial charge in [-0.25, -0.2) is 0 Å². The first kappa shape index (κ1) is 15.5. The Labute approximate surface area is 129 Å². The number of carbonyl (C=O) groups is 1. The lowest BCUT2D eigenvalue weighted by atomic mass is 10.2. The van der Waals surface area contributed by atoms with Gasteiger partial charge in [0.25, 0.3) is 5.91 Å². The Hall–Kier alpha value is -2.87. The SMILES string of the molecule is CCCCOc1ccc(NC(=O)c2ccncc2)cc1C#N. The quantitative estimate of drug-likeness (QED) is 0.829. The fraction of sp³-hybridized carbons (Fsp3) is 0.235. The van der Waals surface area contributed by atoms with Gasteiger partial charge in [0.05, 0.1) is 12.2 Å². The molecule has 112 valence electrons. The van der Waals surface area contributed by atoms with Crippen LogP contribution < -0.4 is 10.1 Å². The summed E-state index contributed by atoms with van der Waals surface area (Å²) in [5.74, 6) is 0.295. The molecule has 5 heteroatoms. The molecule has 0 fully saturated rings. The molecule has 0 bridgehead atoms. The largest absolute Gasteiger partial charge is 0.492 e. The normalized spacial score (nSPS) is 9.82. The molecule has 1 aromatic carbocycles. The average Bonchev–Trinajstić information content (AvgIpc) is 2.57. The van der Waals surface area contributed by atoms with Crippen LogP contribution in [0.5, 0.6) is 5.75 Å². The molecule has 0 saturated heterocycles. The van der Waals surface area contributed by atoms with Crippen molar-refractivity contribution in [2.45, 2.75) is 19.8 Å². The summed E-state index contributed by atoms with van der Waals surface area (Å²) in [6, 6.07) is 10.4. The van der Waals surface area contributed by atoms with Crippen LogP contribution in [0.15, 0.2) is 42.7 Å². The molecule has 0 aliphatic rings. The Morgan fingerprint density at radius 3 is 2.77 bits per heavy atom. The highest BCUT2D eigenvalue weighted by Crippen LogP contribution is 2.22. The number of nitrogens with zero attached hydrogens (tertiary/aromatic N) is 2. The summed E-state index contributed by atoms with van der Waals surface area (Å²) in [4.78, 5) is 15.9. The van der Waals surface area contributed by atoms with Crippen molar-refractivity contribution in [3.05, 3.63) is 53.9 Å². The summed E-state index contributed by atoms with van der Waals surface area (Å²) >= 11 is 0. The second-order valence-corrected chi connectivity index (χ2v) is 4.71. The van der Waals surface area contributed by atoms with Gasteiger partial charge in [-0.3, -0.25) is 9.78 Å². The molecule has 2 rings (SSSR count). The minimum absolute atomic E-state index is 0.244. The lowest BCUT2D eigenvalue weighted by molar-refractivity contribution is 0.102. The molecule has 0 aliphatic heterocycles. The van der Waals surface area contributed by atoms with Crippen molar-refractivity contribution in [1.82, 2.24) is 4.98 Å². The number of hydrogen-bond donors (Lipinski definition) is 1. The Morgan fingerprint density at radius 1 is 1.32 bits per heavy atom. The number of rotatable bonds is 6. The summed E-state index contributed by atoms with van der Waals surface area (Å²) in [7, 11) is 0. The molecule has 1 aromatic heterocycles. The van der Waals surface area contributed by atoms with E-state index in [1.807, 2.05) is 0 Å². The summed E-state index contributed by atoms with van der Waals surface area (Å²) in [5.41, 5.74) is 1.47. The van der Waals surface area contributed by atoms with Crippen molar-refractivity contribution < 1.29 is 9.53 Å². The van der Waals surface area contributed by atoms with Gasteiger partial charge in [-0.1, -0.05) is 13.3 Å². The van der Waals surface area contributed by atoms with E-state index in [1.165, 1.54) is 0 Å². The zero-order valence-electron chi connectivity index (χ0n) is 12.4. The number of amides is 1. The van der Waals surface area contributed by atoms with Crippen molar-refractivity contribution in [1.29, 1.82) is 5.26 Å². The predicted octanol–water partition coefficient (Wildman–Crippen LogP) is 3.38. The molecule has 1 N–H and O–H groups in total. The number of unbranched alkanes of at least 4 members (excludes halogenated alkanes) is 1. The number of ether oxygens (including phenoxy) is 1. The van der Waals surface area contributed by atoms with Crippen molar-refractivity contribution in [3.8, 4) is 11.8 Å². The van der Waals surface area contributed by atoms with Gasteiger partial charge in [-0.2, -0.15) is 5.26 Å². The van der Waals surface area contributed by atoms with Crippen LogP contribution in [0.4, 0.5) is 5.69 Å². The van der Waals surface area contributed by atoms with Gasteiger partial charge in [0.15, 0.2) is 0 Å². The van der Waals surface area contributed by atoms with Gasteiger partial charge < -0.3 is 10.1 Å². The molecule has 0 atom stereocenters. The molecule has 0 spiro atoms. The van der Waals surface area contributed by atoms with E-state index >= 15 is 0 Å². The fourth-order valence-corrected chi connectivity index (χ4v) is 1.85. The molecule has 1 heterocycles. The number of anilines is 1. The maximum atomic E-state index is 12.1. The molecule has 2 aromatic rings. The van der Waals surface area contributed by atoms with Crippen molar-refractivity contribution >= 4 is 11.6 Å². The van der Waals surface area contributed by atoms with Crippen LogP contribution in [-0.4, -0.2) is 17.5 Å². The van der Waals surface area contributed by atoms with Crippen molar-refractivity contribution in [2.75, 3.05) is 11.9 Å². The second-order valence-electron chi connectivity index (χ2n) is 4.71. The Morgan fingerprint density at radius 2 is 2.09 bits per heavy atom. The number of pyridine rings is 1. The maximum absolute atomic E-state index is 12.1. The molecule has 1 amide bonds. The lowest BCUT2D eigenvalue weighted by Crippen LogP contribution is -2.12. The van der Waals surface area contributed by atoms with Crippen molar-refractivity contribution in [2.24, 2.45) is 0 Å². The third-order valence-electron chi connectivity index (χ3n) is 3.06. The molecule has 0 unspecified atom stereocenters. The van der Waals surface area contributed by atoms with Gasteiger partial charge in [0, 0.05) is 23.6 Å². The first-order valence-electron chi connectivity index (χ1n) is 7.13. The van der Waals surface area contributed by atoms with Gasteiger partial charge in [0.2, 0.25) is 0 Å². The highest BCUT2D eigenvalue weighted by Gasteiger charge is 2.09. The van der Waals surface area contributed by atoms with E-state index in [4.69, 9.17) is 4.74 Å². The Balaban J connectivity index is 2.09. The monoisotopic (exact) mass is 295 g/mol. The number of hydrogen-bond acceptors (Lipinski definition) is 4. The van der Waals surface area contributed by atoms with E-state index in [1.54, 1.807) is 42.7 Å². The standard InChI is InChI=1S/C17H17N3O2/c1-2-3-10-22-16-5-4-15(11-14(16)12-18)20-17(21)13-6-8-19-9-7-13/h4-9,11H,2-3,10H2,1H3,(H,20,21). The molecule has 0 aliphatic carbocycles. The van der Waals surface area contributed by atoms with Crippen LogP contribution >= 0.6 is 0 Å². The molecule has 5 nitrogen and oxygen atoms in total. The number of benzene rings is 1. The van der Waals surface area contributed by atoms with Crippen LogP contribution in [0.25, 0.3) is 0 Å². The average molecular weight is 295 g/mol. The van der Waals surface area contributed by atoms with Gasteiger partial charge in [-0.05, 0) is 36.8 Å². The first-order valence-corrected chi connectivity index (χ1v) is 7.13. The van der Waals surface area contributed by atoms with E-state index in [2.05, 4.69) is 23.3 Å². The molecular formula is C17H17N3O2. The minimum atomic E-state index is -0.244. The Bertz CT molecular complexity index is 678. The van der Waals surface area contributed by atoms with Crippen LogP contribution in [0.3, 0.4) is 0 Å². The maximum Gasteiger partial charge on any atom is 0.255 e. The number of nitrogens with one attached hydrogen (secondary N) is 1. The lowest BCUT2D eigenvalue weighted by Gasteiger charge is -2.10. The fourth-order valence-electron chi connectivity index (χ4n) is 1.85. The van der Waals surface area contributed by atoms with E-state index < -0.39 is 0 Å². The third-order valence-corrected chi connectivity index (χ3v) is 3.06. The zero-order valence-corrected chi connectivity index (χ0v) is 12.4. The summed E-state index contributed by atoms with van der Waals surface area (Å²) in [5, 5.41) is 12.0. The topological polar surface area (TPSA) is 75.0 Å². The van der Waals surface area contributed by atoms with Crippen LogP contribution in [0, 0.1) is 11.3 Å². The number of carbonyl (C=O) groups excluding carboxylic acids is 1. The van der Waals surface area contributed by atoms with Crippen LogP contribution in [0.1, 0.15) is 35.7 Å². The number of nitriles is 1. The number of aromatic nitrogens is 1. The molecule has 0 saturated carbocycles. The van der Waals surface area contributed by atoms with Gasteiger partial charge in [0.1, 0.15) is 11.8 Å². The molecule has 22 heavy (non-hydrogen) atoms. The van der Waals surface area contributed by atoms with Crippen LogP contribution in [0.2, 0.25) is 0 Å². The summed E-state index contributed by atoms with van der Waals surface area (Å²) in [6.07, 6.45) is 5.08. The molecular weight excluding hydrogens is 278 g/mol. The second kappa shape index (κ2) is 7.79. The highest BCUT2D eigenvalue weighted by atomic mass is 16.5. The first-order chi connectivity index (χ1) is 10.7. The van der Waals surface area contributed by atoms with Gasteiger partial charge >= 0.3 is 0 Å².